The van der Waals surface area contributed by atoms with Gasteiger partial charge < -0.3 is 4.98 Å². The Hall–Kier alpha value is -3.31. The molecule has 0 saturated heterocycles. The predicted molar refractivity (Wildman–Crippen MR) is 127 cm³/mol. The van der Waals surface area contributed by atoms with Gasteiger partial charge in [-0.2, -0.15) is 0 Å². The molecule has 0 amide bonds. The molecule has 3 aromatic heterocycles. The summed E-state index contributed by atoms with van der Waals surface area (Å²) in [4.78, 5) is 20.0. The number of hydrogen-bond acceptors (Lipinski definition) is 4. The number of H-pyrrole nitrogens is 1. The second-order valence-corrected chi connectivity index (χ2v) is 8.21. The Morgan fingerprint density at radius 3 is 2.00 bits per heavy atom. The molecule has 31 heavy (non-hydrogen) atoms. The topological polar surface area (TPSA) is 57.2 Å². The van der Waals surface area contributed by atoms with E-state index >= 15 is 0 Å². The molecule has 3 aromatic rings. The van der Waals surface area contributed by atoms with Crippen molar-refractivity contribution in [2.24, 2.45) is 4.99 Å². The van der Waals surface area contributed by atoms with Gasteiger partial charge in [0, 0.05) is 54.7 Å². The number of nitrogens with zero attached hydrogens (tertiary/aromatic N) is 4. The van der Waals surface area contributed by atoms with Crippen molar-refractivity contribution in [3.05, 3.63) is 101 Å². The number of rotatable bonds is 7. The molecule has 1 aliphatic heterocycles. The van der Waals surface area contributed by atoms with Crippen molar-refractivity contribution in [1.82, 2.24) is 19.9 Å². The van der Waals surface area contributed by atoms with E-state index in [1.165, 1.54) is 16.7 Å². The van der Waals surface area contributed by atoms with Gasteiger partial charge in [0.2, 0.25) is 0 Å². The Bertz CT molecular complexity index is 1100. The summed E-state index contributed by atoms with van der Waals surface area (Å²) in [5.41, 5.74) is 10.2. The number of pyridine rings is 2. The van der Waals surface area contributed by atoms with Gasteiger partial charge in [-0.25, -0.2) is 0 Å². The van der Waals surface area contributed by atoms with Gasteiger partial charge in [-0.1, -0.05) is 12.1 Å². The van der Waals surface area contributed by atoms with Gasteiger partial charge in [0.1, 0.15) is 0 Å². The fourth-order valence-corrected chi connectivity index (χ4v) is 4.13. The standard InChI is InChI=1S/C26H29N5/c1-18-13-20(3)29-25(18)24(26-19(2)14-21(4)30-26)17-31(15-22-9-5-7-11-27-22)16-23-10-6-8-12-28-23/h5-14,29H,15-17H2,1-4H3/b26-24-. The molecule has 1 N–H and O–H groups in total. The van der Waals surface area contributed by atoms with Crippen molar-refractivity contribution in [3.63, 3.8) is 0 Å². The van der Waals surface area contributed by atoms with Crippen molar-refractivity contribution in [1.29, 1.82) is 0 Å². The van der Waals surface area contributed by atoms with E-state index in [0.717, 1.165) is 53.8 Å². The SMILES string of the molecule is CC1=CC(C)=N/C1=C(/CN(Cc1ccccn1)Cc1ccccn1)c1[nH]c(C)cc1C. The molecule has 4 rings (SSSR count). The highest BCUT2D eigenvalue weighted by molar-refractivity contribution is 5.99. The number of nitrogens with one attached hydrogen (secondary N) is 1. The van der Waals surface area contributed by atoms with Gasteiger partial charge in [0.15, 0.2) is 0 Å². The van der Waals surface area contributed by atoms with Gasteiger partial charge in [0.25, 0.3) is 0 Å². The van der Waals surface area contributed by atoms with Crippen LogP contribution in [0.1, 0.15) is 42.2 Å². The highest BCUT2D eigenvalue weighted by Crippen LogP contribution is 2.31. The zero-order chi connectivity index (χ0) is 21.8. The maximum atomic E-state index is 4.89. The maximum Gasteiger partial charge on any atom is 0.0728 e. The summed E-state index contributed by atoms with van der Waals surface area (Å²) in [5, 5.41) is 0. The monoisotopic (exact) mass is 411 g/mol. The third kappa shape index (κ3) is 5.06. The van der Waals surface area contributed by atoms with Crippen LogP contribution in [0.3, 0.4) is 0 Å². The van der Waals surface area contributed by atoms with E-state index in [1.807, 2.05) is 36.7 Å². The second kappa shape index (κ2) is 9.23. The summed E-state index contributed by atoms with van der Waals surface area (Å²) in [7, 11) is 0. The molecule has 0 aliphatic carbocycles. The van der Waals surface area contributed by atoms with Gasteiger partial charge in [-0.3, -0.25) is 19.9 Å². The average molecular weight is 412 g/mol. The molecule has 0 saturated carbocycles. The molecule has 5 nitrogen and oxygen atoms in total. The highest BCUT2D eigenvalue weighted by atomic mass is 15.1. The van der Waals surface area contributed by atoms with E-state index in [1.54, 1.807) is 0 Å². The lowest BCUT2D eigenvalue weighted by atomic mass is 10.0. The average Bonchev–Trinajstić information content (AvgIpc) is 3.27. The molecular weight excluding hydrogens is 382 g/mol. The first kappa shape index (κ1) is 20.9. The smallest absolute Gasteiger partial charge is 0.0728 e. The summed E-state index contributed by atoms with van der Waals surface area (Å²) in [5.74, 6) is 0. The number of allylic oxidation sites excluding steroid dienone is 2. The molecule has 158 valence electrons. The first-order valence-corrected chi connectivity index (χ1v) is 10.7. The lowest BCUT2D eigenvalue weighted by Gasteiger charge is -2.24. The molecule has 0 aromatic carbocycles. The summed E-state index contributed by atoms with van der Waals surface area (Å²) >= 11 is 0. The number of aromatic nitrogens is 3. The summed E-state index contributed by atoms with van der Waals surface area (Å²) < 4.78 is 0. The van der Waals surface area contributed by atoms with E-state index in [2.05, 4.69) is 71.8 Å². The van der Waals surface area contributed by atoms with Crippen molar-refractivity contribution >= 4 is 11.3 Å². The highest BCUT2D eigenvalue weighted by Gasteiger charge is 2.21. The van der Waals surface area contributed by atoms with Crippen LogP contribution in [0.2, 0.25) is 0 Å². The summed E-state index contributed by atoms with van der Waals surface area (Å²) in [6.45, 7) is 10.7. The van der Waals surface area contributed by atoms with E-state index in [4.69, 9.17) is 4.99 Å². The zero-order valence-corrected chi connectivity index (χ0v) is 18.7. The summed E-state index contributed by atoms with van der Waals surface area (Å²) in [6, 6.07) is 14.3. The Labute approximate surface area is 184 Å². The minimum Gasteiger partial charge on any atom is -0.359 e. The van der Waals surface area contributed by atoms with Crippen LogP contribution < -0.4 is 0 Å². The lowest BCUT2D eigenvalue weighted by Crippen LogP contribution is -2.26. The molecule has 4 heterocycles. The van der Waals surface area contributed by atoms with Crippen LogP contribution in [0, 0.1) is 13.8 Å². The molecule has 0 bridgehead atoms. The largest absolute Gasteiger partial charge is 0.359 e. The van der Waals surface area contributed by atoms with Crippen LogP contribution in [0.15, 0.2) is 77.2 Å². The van der Waals surface area contributed by atoms with Crippen LogP contribution in [0.4, 0.5) is 0 Å². The molecule has 0 atom stereocenters. The maximum absolute atomic E-state index is 4.89. The van der Waals surface area contributed by atoms with Crippen molar-refractivity contribution in [3.8, 4) is 0 Å². The van der Waals surface area contributed by atoms with Crippen molar-refractivity contribution in [2.75, 3.05) is 6.54 Å². The van der Waals surface area contributed by atoms with E-state index < -0.39 is 0 Å². The van der Waals surface area contributed by atoms with Crippen LogP contribution in [-0.2, 0) is 13.1 Å². The quantitative estimate of drug-likeness (QED) is 0.577. The Morgan fingerprint density at radius 1 is 0.903 bits per heavy atom. The minimum atomic E-state index is 0.735. The molecule has 5 heteroatoms. The van der Waals surface area contributed by atoms with E-state index in [9.17, 15) is 0 Å². The third-order valence-corrected chi connectivity index (χ3v) is 5.43. The Morgan fingerprint density at radius 2 is 1.55 bits per heavy atom. The van der Waals surface area contributed by atoms with Crippen LogP contribution >= 0.6 is 0 Å². The van der Waals surface area contributed by atoms with Gasteiger partial charge in [0.05, 0.1) is 17.1 Å². The number of aryl methyl sites for hydroxylation is 2. The first-order chi connectivity index (χ1) is 15.0. The molecule has 0 spiro atoms. The fourth-order valence-electron chi connectivity index (χ4n) is 4.13. The molecule has 0 radical (unpaired) electrons. The van der Waals surface area contributed by atoms with Crippen molar-refractivity contribution < 1.29 is 0 Å². The summed E-state index contributed by atoms with van der Waals surface area (Å²) in [6.07, 6.45) is 5.86. The van der Waals surface area contributed by atoms with Crippen LogP contribution in [-0.4, -0.2) is 32.1 Å². The number of aromatic amines is 1. The molecule has 0 unspecified atom stereocenters. The van der Waals surface area contributed by atoms with E-state index in [0.29, 0.717) is 0 Å². The third-order valence-electron chi connectivity index (χ3n) is 5.43. The van der Waals surface area contributed by atoms with Crippen molar-refractivity contribution in [2.45, 2.75) is 40.8 Å². The predicted octanol–water partition coefficient (Wildman–Crippen LogP) is 5.26. The fraction of sp³-hybridized carbons (Fsp3) is 0.269. The van der Waals surface area contributed by atoms with E-state index in [-0.39, 0.29) is 0 Å². The van der Waals surface area contributed by atoms with Crippen LogP contribution in [0.5, 0.6) is 0 Å². The molecule has 1 aliphatic rings. The van der Waals surface area contributed by atoms with Crippen LogP contribution in [0.25, 0.3) is 5.57 Å². The lowest BCUT2D eigenvalue weighted by molar-refractivity contribution is 0.283. The Balaban J connectivity index is 1.74. The second-order valence-electron chi connectivity index (χ2n) is 8.21. The normalized spacial score (nSPS) is 15.3. The number of aliphatic imine (C=N–C) groups is 1. The molecular formula is C26H29N5. The van der Waals surface area contributed by atoms with Gasteiger partial charge in [-0.05, 0) is 75.2 Å². The minimum absolute atomic E-state index is 0.735. The first-order valence-electron chi connectivity index (χ1n) is 10.7. The number of hydrogen-bond donors (Lipinski definition) is 1. The zero-order valence-electron chi connectivity index (χ0n) is 18.7. The van der Waals surface area contributed by atoms with Gasteiger partial charge >= 0.3 is 0 Å². The van der Waals surface area contributed by atoms with Gasteiger partial charge in [-0.15, -0.1) is 0 Å². The molecule has 0 fully saturated rings. The Kier molecular flexibility index (Phi) is 6.23.